The molecule has 1 amide bonds. The normalized spacial score (nSPS) is 11.6. The molecule has 9 nitrogen and oxygen atoms in total. The molecular weight excluding hydrogens is 549 g/mol. The summed E-state index contributed by atoms with van der Waals surface area (Å²) in [6.45, 7) is 7.51. The van der Waals surface area contributed by atoms with Crippen molar-refractivity contribution >= 4 is 28.5 Å². The van der Waals surface area contributed by atoms with Crippen molar-refractivity contribution in [3.05, 3.63) is 63.7 Å². The number of aromatic nitrogens is 2. The van der Waals surface area contributed by atoms with Crippen LogP contribution in [0, 0.1) is 25.2 Å². The molecule has 1 heterocycles. The Bertz CT molecular complexity index is 1390. The van der Waals surface area contributed by atoms with Crippen molar-refractivity contribution in [2.45, 2.75) is 26.9 Å². The lowest BCUT2D eigenvalue weighted by Gasteiger charge is -2.13. The molecule has 0 saturated heterocycles. The number of rotatable bonds is 13. The first-order valence-electron chi connectivity index (χ1n) is 12.1. The number of anilines is 1. The lowest BCUT2D eigenvalue weighted by Crippen LogP contribution is -2.13. The first kappa shape index (κ1) is 30.4. The highest BCUT2D eigenvalue weighted by Crippen LogP contribution is 2.33. The number of aryl methyl sites for hydroxylation is 2. The largest absolute Gasteiger partial charge is 0.491 e. The lowest BCUT2D eigenvalue weighted by atomic mass is 10.1. The number of carbonyl (C=O) groups is 1. The molecule has 0 fully saturated rings. The second-order valence-electron chi connectivity index (χ2n) is 8.23. The maximum absolute atomic E-state index is 12.7. The monoisotopic (exact) mass is 576 g/mol. The number of hydrogen-bond acceptors (Lipinski definition) is 9. The molecule has 3 aromatic rings. The molecule has 0 aliphatic rings. The lowest BCUT2D eigenvalue weighted by molar-refractivity contribution is -0.138. The minimum absolute atomic E-state index is 0.157. The minimum atomic E-state index is -4.68. The summed E-state index contributed by atoms with van der Waals surface area (Å²) in [6, 6.07) is 12.4. The molecule has 0 bridgehead atoms. The summed E-state index contributed by atoms with van der Waals surface area (Å²) >= 11 is 0.157. The van der Waals surface area contributed by atoms with Crippen LogP contribution in [0.4, 0.5) is 18.3 Å². The van der Waals surface area contributed by atoms with E-state index in [9.17, 15) is 23.2 Å². The maximum atomic E-state index is 12.7. The van der Waals surface area contributed by atoms with Gasteiger partial charge in [0.05, 0.1) is 19.8 Å². The van der Waals surface area contributed by atoms with E-state index in [1.807, 2.05) is 32.0 Å². The number of nitrogens with one attached hydrogen (secondary N) is 1. The fourth-order valence-corrected chi connectivity index (χ4v) is 3.81. The van der Waals surface area contributed by atoms with Crippen molar-refractivity contribution in [3.63, 3.8) is 0 Å². The minimum Gasteiger partial charge on any atom is -0.491 e. The zero-order valence-corrected chi connectivity index (χ0v) is 22.8. The average Bonchev–Trinajstić information content (AvgIpc) is 3.39. The smallest absolute Gasteiger partial charge is 0.445 e. The molecule has 0 spiro atoms. The van der Waals surface area contributed by atoms with E-state index in [0.717, 1.165) is 11.3 Å². The Labute approximate surface area is 233 Å². The van der Waals surface area contributed by atoms with Crippen LogP contribution in [0.1, 0.15) is 28.6 Å². The highest BCUT2D eigenvalue weighted by Gasteiger charge is 2.35. The van der Waals surface area contributed by atoms with Gasteiger partial charge in [0.2, 0.25) is 10.1 Å². The standard InChI is InChI=1S/C27H27F3N4O5S/c1-4-37-23-15-19(14-20(16-31)24(35)32-26-34-33-25(40-26)27(28,29)30)6-8-22(23)39-12-10-36-9-11-38-21-7-5-17(2)18(3)13-21/h5-8,13-15H,4,9-12H2,1-3H3,(H,32,34,35). The van der Waals surface area contributed by atoms with Crippen LogP contribution in [-0.2, 0) is 15.7 Å². The third-order valence-electron chi connectivity index (χ3n) is 5.29. The highest BCUT2D eigenvalue weighted by atomic mass is 32.1. The number of nitrogens with zero attached hydrogens (tertiary/aromatic N) is 3. The second kappa shape index (κ2) is 14.3. The Hall–Kier alpha value is -4.15. The fraction of sp³-hybridized carbons (Fsp3) is 0.333. The molecule has 0 aliphatic heterocycles. The molecule has 13 heteroatoms. The molecule has 1 aromatic heterocycles. The van der Waals surface area contributed by atoms with Gasteiger partial charge < -0.3 is 18.9 Å². The van der Waals surface area contributed by atoms with Crippen LogP contribution in [0.15, 0.2) is 42.0 Å². The van der Waals surface area contributed by atoms with Crippen LogP contribution in [0.2, 0.25) is 0 Å². The third kappa shape index (κ3) is 8.96. The van der Waals surface area contributed by atoms with Crippen molar-refractivity contribution in [1.82, 2.24) is 10.2 Å². The van der Waals surface area contributed by atoms with Crippen LogP contribution in [0.25, 0.3) is 6.08 Å². The number of halogens is 3. The molecule has 212 valence electrons. The summed E-state index contributed by atoms with van der Waals surface area (Å²) in [6.07, 6.45) is -3.42. The maximum Gasteiger partial charge on any atom is 0.445 e. The summed E-state index contributed by atoms with van der Waals surface area (Å²) in [5.41, 5.74) is 2.44. The van der Waals surface area contributed by atoms with E-state index in [1.165, 1.54) is 11.6 Å². The van der Waals surface area contributed by atoms with Crippen molar-refractivity contribution in [2.75, 3.05) is 38.4 Å². The molecule has 2 aromatic carbocycles. The van der Waals surface area contributed by atoms with Gasteiger partial charge in [-0.3, -0.25) is 10.1 Å². The van der Waals surface area contributed by atoms with Gasteiger partial charge in [-0.15, -0.1) is 10.2 Å². The first-order chi connectivity index (χ1) is 19.1. The van der Waals surface area contributed by atoms with Crippen LogP contribution in [0.3, 0.4) is 0 Å². The average molecular weight is 577 g/mol. The fourth-order valence-electron chi connectivity index (χ4n) is 3.20. The van der Waals surface area contributed by atoms with E-state index < -0.39 is 17.1 Å². The Morgan fingerprint density at radius 3 is 2.40 bits per heavy atom. The van der Waals surface area contributed by atoms with Gasteiger partial charge in [-0.05, 0) is 67.8 Å². The van der Waals surface area contributed by atoms with Crippen molar-refractivity contribution in [3.8, 4) is 23.3 Å². The van der Waals surface area contributed by atoms with Crippen LogP contribution in [-0.4, -0.2) is 49.1 Å². The van der Waals surface area contributed by atoms with E-state index in [-0.39, 0.29) is 28.6 Å². The van der Waals surface area contributed by atoms with Gasteiger partial charge >= 0.3 is 6.18 Å². The summed E-state index contributed by atoms with van der Waals surface area (Å²) in [4.78, 5) is 12.4. The Morgan fingerprint density at radius 2 is 1.75 bits per heavy atom. The van der Waals surface area contributed by atoms with Gasteiger partial charge in [-0.2, -0.15) is 18.4 Å². The first-order valence-corrected chi connectivity index (χ1v) is 12.9. The molecule has 1 N–H and O–H groups in total. The Balaban J connectivity index is 1.53. The Morgan fingerprint density at radius 1 is 1.00 bits per heavy atom. The van der Waals surface area contributed by atoms with Gasteiger partial charge in [0.25, 0.3) is 5.91 Å². The molecule has 0 aliphatic carbocycles. The molecule has 0 radical (unpaired) electrons. The molecule has 40 heavy (non-hydrogen) atoms. The number of nitriles is 1. The summed E-state index contributed by atoms with van der Waals surface area (Å²) in [5.74, 6) is 0.673. The summed E-state index contributed by atoms with van der Waals surface area (Å²) in [7, 11) is 0. The second-order valence-corrected chi connectivity index (χ2v) is 9.21. The molecule has 0 atom stereocenters. The van der Waals surface area contributed by atoms with Crippen LogP contribution >= 0.6 is 11.3 Å². The van der Waals surface area contributed by atoms with Gasteiger partial charge in [-0.1, -0.05) is 23.5 Å². The zero-order valence-electron chi connectivity index (χ0n) is 22.0. The summed E-state index contributed by atoms with van der Waals surface area (Å²) in [5, 5.41) is 16.3. The summed E-state index contributed by atoms with van der Waals surface area (Å²) < 4.78 is 60.8. The van der Waals surface area contributed by atoms with Gasteiger partial charge in [0.15, 0.2) is 11.5 Å². The third-order valence-corrected chi connectivity index (χ3v) is 6.18. The van der Waals surface area contributed by atoms with E-state index in [0.29, 0.717) is 43.5 Å². The van der Waals surface area contributed by atoms with E-state index in [4.69, 9.17) is 18.9 Å². The molecule has 0 saturated carbocycles. The van der Waals surface area contributed by atoms with Gasteiger partial charge in [-0.25, -0.2) is 0 Å². The number of hydrogen-bond donors (Lipinski definition) is 1. The van der Waals surface area contributed by atoms with Gasteiger partial charge in [0, 0.05) is 0 Å². The van der Waals surface area contributed by atoms with Crippen LogP contribution < -0.4 is 19.5 Å². The highest BCUT2D eigenvalue weighted by molar-refractivity contribution is 7.15. The number of amides is 1. The number of ether oxygens (including phenoxy) is 4. The Kier molecular flexibility index (Phi) is 10.9. The number of benzene rings is 2. The van der Waals surface area contributed by atoms with Crippen molar-refractivity contribution in [1.29, 1.82) is 5.26 Å². The van der Waals surface area contributed by atoms with E-state index in [2.05, 4.69) is 15.5 Å². The van der Waals surface area contributed by atoms with Crippen molar-refractivity contribution in [2.24, 2.45) is 0 Å². The molecular formula is C27H27F3N4O5S. The molecule has 3 rings (SSSR count). The van der Waals surface area contributed by atoms with Crippen LogP contribution in [0.5, 0.6) is 17.2 Å². The number of carbonyl (C=O) groups excluding carboxylic acids is 1. The predicted octanol–water partition coefficient (Wildman–Crippen LogP) is 5.59. The number of alkyl halides is 3. The zero-order chi connectivity index (χ0) is 29.1. The van der Waals surface area contributed by atoms with E-state index in [1.54, 1.807) is 31.2 Å². The van der Waals surface area contributed by atoms with Gasteiger partial charge in [0.1, 0.15) is 30.6 Å². The SMILES string of the molecule is CCOc1cc(C=C(C#N)C(=O)Nc2nnc(C(F)(F)F)s2)ccc1OCCOCCOc1ccc(C)c(C)c1. The molecule has 0 unspecified atom stereocenters. The van der Waals surface area contributed by atoms with E-state index >= 15 is 0 Å². The van der Waals surface area contributed by atoms with Crippen molar-refractivity contribution < 1.29 is 36.9 Å². The predicted molar refractivity (Wildman–Crippen MR) is 142 cm³/mol. The topological polar surface area (TPSA) is 116 Å². The quantitative estimate of drug-likeness (QED) is 0.159.